The van der Waals surface area contributed by atoms with E-state index in [1.54, 1.807) is 0 Å². The van der Waals surface area contributed by atoms with Crippen molar-refractivity contribution >= 4 is 15.9 Å². The van der Waals surface area contributed by atoms with Gasteiger partial charge in [0.05, 0.1) is 12.4 Å². The fourth-order valence-corrected chi connectivity index (χ4v) is 1.94. The molecule has 0 aliphatic rings. The number of hydrogen-bond donors (Lipinski definition) is 2. The van der Waals surface area contributed by atoms with Gasteiger partial charge < -0.3 is 10.8 Å². The van der Waals surface area contributed by atoms with Gasteiger partial charge in [-0.25, -0.2) is 12.7 Å². The number of carbonyl (C=O) groups is 1. The molecule has 120 valence electrons. The van der Waals surface area contributed by atoms with E-state index >= 15 is 0 Å². The van der Waals surface area contributed by atoms with Crippen LogP contribution in [0.4, 0.5) is 0 Å². The number of carbonyl (C=O) groups excluding carboxylic acids is 1. The quantitative estimate of drug-likeness (QED) is 0.791. The normalized spacial score (nSPS) is 12.4. The Balaban J connectivity index is 0.000000885. The molecule has 1 rings (SSSR count). The lowest BCUT2D eigenvalue weighted by molar-refractivity contribution is -0.115. The van der Waals surface area contributed by atoms with Gasteiger partial charge in [-0.3, -0.25) is 4.79 Å². The Hall–Kier alpha value is -1.44. The number of sulfonamides is 1. The van der Waals surface area contributed by atoms with E-state index in [-0.39, 0.29) is 12.5 Å². The second-order valence-corrected chi connectivity index (χ2v) is 6.92. The molecule has 0 saturated heterocycles. The van der Waals surface area contributed by atoms with E-state index in [1.165, 1.54) is 18.3 Å². The Morgan fingerprint density at radius 3 is 2.24 bits per heavy atom. The molecule has 7 heteroatoms. The highest BCUT2D eigenvalue weighted by Crippen LogP contribution is 2.06. The fourth-order valence-electron chi connectivity index (χ4n) is 1.50. The van der Waals surface area contributed by atoms with Crippen LogP contribution in [0.2, 0.25) is 0 Å². The van der Waals surface area contributed by atoms with Gasteiger partial charge >= 0.3 is 0 Å². The number of aryl methyl sites for hydroxylation is 1. The average Bonchev–Trinajstić information content (AvgIpc) is 2.36. The zero-order valence-corrected chi connectivity index (χ0v) is 13.5. The van der Waals surface area contributed by atoms with Gasteiger partial charge in [-0.1, -0.05) is 30.3 Å². The van der Waals surface area contributed by atoms with Gasteiger partial charge in [0, 0.05) is 20.5 Å². The SMILES string of the molecule is CC(N)=O.CN(CC(O)CCc1ccccc1)S(C)(=O)=O. The van der Waals surface area contributed by atoms with E-state index in [4.69, 9.17) is 0 Å². The van der Waals surface area contributed by atoms with E-state index < -0.39 is 16.1 Å². The Kier molecular flexibility index (Phi) is 8.84. The van der Waals surface area contributed by atoms with Gasteiger partial charge in [-0.15, -0.1) is 0 Å². The molecule has 0 aliphatic heterocycles. The molecular weight excluding hydrogens is 292 g/mol. The van der Waals surface area contributed by atoms with Gasteiger partial charge in [0.25, 0.3) is 0 Å². The molecule has 1 aromatic rings. The molecule has 3 N–H and O–H groups in total. The summed E-state index contributed by atoms with van der Waals surface area (Å²) in [5.41, 5.74) is 5.62. The first kappa shape index (κ1) is 19.6. The van der Waals surface area contributed by atoms with Crippen LogP contribution in [0.5, 0.6) is 0 Å². The molecule has 1 atom stereocenters. The lowest BCUT2D eigenvalue weighted by Crippen LogP contribution is -2.33. The zero-order chi connectivity index (χ0) is 16.5. The van der Waals surface area contributed by atoms with E-state index in [1.807, 2.05) is 30.3 Å². The van der Waals surface area contributed by atoms with Crippen LogP contribution in [0.15, 0.2) is 30.3 Å². The van der Waals surface area contributed by atoms with Crippen LogP contribution in [0, 0.1) is 0 Å². The molecule has 0 saturated carbocycles. The summed E-state index contributed by atoms with van der Waals surface area (Å²) >= 11 is 0. The van der Waals surface area contributed by atoms with Crippen molar-refractivity contribution in [3.05, 3.63) is 35.9 Å². The van der Waals surface area contributed by atoms with Gasteiger partial charge in [0.15, 0.2) is 0 Å². The number of aliphatic hydroxyl groups excluding tert-OH is 1. The minimum Gasteiger partial charge on any atom is -0.392 e. The van der Waals surface area contributed by atoms with Crippen LogP contribution in [0.3, 0.4) is 0 Å². The lowest BCUT2D eigenvalue weighted by atomic mass is 10.1. The van der Waals surface area contributed by atoms with Crippen LogP contribution >= 0.6 is 0 Å². The first-order valence-electron chi connectivity index (χ1n) is 6.52. The van der Waals surface area contributed by atoms with Gasteiger partial charge in [0.2, 0.25) is 15.9 Å². The minimum absolute atomic E-state index is 0.145. The van der Waals surface area contributed by atoms with Crippen molar-refractivity contribution in [3.8, 4) is 0 Å². The summed E-state index contributed by atoms with van der Waals surface area (Å²) in [7, 11) is -1.73. The fraction of sp³-hybridized carbons (Fsp3) is 0.500. The average molecular weight is 316 g/mol. The molecule has 6 nitrogen and oxygen atoms in total. The van der Waals surface area contributed by atoms with Crippen molar-refractivity contribution in [2.75, 3.05) is 19.8 Å². The second-order valence-electron chi connectivity index (χ2n) is 4.83. The number of likely N-dealkylation sites (N-methyl/N-ethyl adjacent to an activating group) is 1. The summed E-state index contributed by atoms with van der Waals surface area (Å²) in [6, 6.07) is 9.83. The third kappa shape index (κ3) is 10.9. The predicted molar refractivity (Wildman–Crippen MR) is 83.1 cm³/mol. The highest BCUT2D eigenvalue weighted by atomic mass is 32.2. The molecule has 0 aliphatic carbocycles. The molecular formula is C14H24N2O4S. The van der Waals surface area contributed by atoms with Crippen LogP contribution in [0.1, 0.15) is 18.9 Å². The number of amides is 1. The van der Waals surface area contributed by atoms with Crippen molar-refractivity contribution in [3.63, 3.8) is 0 Å². The Morgan fingerprint density at radius 1 is 1.33 bits per heavy atom. The first-order chi connectivity index (χ1) is 9.62. The third-order valence-electron chi connectivity index (χ3n) is 2.64. The number of hydrogen-bond acceptors (Lipinski definition) is 4. The van der Waals surface area contributed by atoms with Crippen LogP contribution in [-0.2, 0) is 21.2 Å². The summed E-state index contributed by atoms with van der Waals surface area (Å²) in [4.78, 5) is 9.22. The van der Waals surface area contributed by atoms with Crippen LogP contribution < -0.4 is 5.73 Å². The largest absolute Gasteiger partial charge is 0.392 e. The predicted octanol–water partition coefficient (Wildman–Crippen LogP) is 0.363. The zero-order valence-electron chi connectivity index (χ0n) is 12.7. The molecule has 21 heavy (non-hydrogen) atoms. The van der Waals surface area contributed by atoms with Crippen molar-refractivity contribution in [1.82, 2.24) is 4.31 Å². The van der Waals surface area contributed by atoms with E-state index in [9.17, 15) is 18.3 Å². The highest BCUT2D eigenvalue weighted by Gasteiger charge is 2.15. The summed E-state index contributed by atoms with van der Waals surface area (Å²) in [5, 5.41) is 9.74. The number of benzene rings is 1. The minimum atomic E-state index is -3.21. The van der Waals surface area contributed by atoms with Crippen molar-refractivity contribution in [1.29, 1.82) is 0 Å². The van der Waals surface area contributed by atoms with Crippen molar-refractivity contribution < 1.29 is 18.3 Å². The van der Waals surface area contributed by atoms with Crippen molar-refractivity contribution in [2.45, 2.75) is 25.9 Å². The standard InChI is InChI=1S/C12H19NO3S.C2H5NO/c1-13(17(2,15)16)10-12(14)9-8-11-6-4-3-5-7-11;1-2(3)4/h3-7,12,14H,8-10H2,1-2H3;1H3,(H2,3,4). The maximum Gasteiger partial charge on any atom is 0.214 e. The van der Waals surface area contributed by atoms with Crippen molar-refractivity contribution in [2.24, 2.45) is 5.73 Å². The summed E-state index contributed by atoms with van der Waals surface area (Å²) in [5.74, 6) is -0.333. The summed E-state index contributed by atoms with van der Waals surface area (Å²) < 4.78 is 23.5. The number of nitrogens with two attached hydrogens (primary N) is 1. The Bertz CT molecular complexity index is 513. The summed E-state index contributed by atoms with van der Waals surface area (Å²) in [6.07, 6.45) is 1.82. The number of primary amides is 1. The van der Waals surface area contributed by atoms with Gasteiger partial charge in [-0.2, -0.15) is 0 Å². The van der Waals surface area contributed by atoms with E-state index in [0.29, 0.717) is 6.42 Å². The maximum absolute atomic E-state index is 11.2. The molecule has 0 heterocycles. The first-order valence-corrected chi connectivity index (χ1v) is 8.37. The molecule has 1 aromatic carbocycles. The topological polar surface area (TPSA) is 101 Å². The molecule has 0 aromatic heterocycles. The molecule has 0 fully saturated rings. The highest BCUT2D eigenvalue weighted by molar-refractivity contribution is 7.88. The van der Waals surface area contributed by atoms with Crippen LogP contribution in [-0.4, -0.2) is 49.7 Å². The molecule has 0 spiro atoms. The monoisotopic (exact) mass is 316 g/mol. The Labute approximate surface area is 126 Å². The molecule has 0 bridgehead atoms. The lowest BCUT2D eigenvalue weighted by Gasteiger charge is -2.18. The second kappa shape index (κ2) is 9.49. The number of nitrogens with zero attached hydrogens (tertiary/aromatic N) is 1. The van der Waals surface area contributed by atoms with Crippen LogP contribution in [0.25, 0.3) is 0 Å². The summed E-state index contributed by atoms with van der Waals surface area (Å²) in [6.45, 7) is 1.45. The molecule has 0 radical (unpaired) electrons. The van der Waals surface area contributed by atoms with Gasteiger partial charge in [-0.05, 0) is 18.4 Å². The van der Waals surface area contributed by atoms with Gasteiger partial charge in [0.1, 0.15) is 0 Å². The van der Waals surface area contributed by atoms with E-state index in [0.717, 1.165) is 18.2 Å². The third-order valence-corrected chi connectivity index (χ3v) is 3.92. The molecule has 1 amide bonds. The smallest absolute Gasteiger partial charge is 0.214 e. The van der Waals surface area contributed by atoms with E-state index in [2.05, 4.69) is 5.73 Å². The maximum atomic E-state index is 11.2. The number of rotatable bonds is 6. The molecule has 1 unspecified atom stereocenters. The number of aliphatic hydroxyl groups is 1. The Morgan fingerprint density at radius 2 is 1.81 bits per heavy atom.